The summed E-state index contributed by atoms with van der Waals surface area (Å²) in [5, 5.41) is 0. The molecule has 0 heterocycles. The minimum atomic E-state index is 0. The van der Waals surface area contributed by atoms with Gasteiger partial charge in [-0.15, -0.1) is 0 Å². The van der Waals surface area contributed by atoms with Gasteiger partial charge in [-0.1, -0.05) is 19.8 Å². The Kier molecular flexibility index (Phi) is 14.8. The number of unbranched alkanes of at least 4 members (excludes halogenated alkanes) is 3. The van der Waals surface area contributed by atoms with Crippen LogP contribution in [0.1, 0.15) is 32.6 Å². The Morgan fingerprint density at radius 2 is 1.78 bits per heavy atom. The molecule has 0 unspecified atom stereocenters. The second kappa shape index (κ2) is 11.1. The van der Waals surface area contributed by atoms with E-state index in [0.717, 1.165) is 6.61 Å². The lowest BCUT2D eigenvalue weighted by Crippen LogP contribution is -3.00. The van der Waals surface area contributed by atoms with E-state index in [-0.39, 0.29) is 12.4 Å². The maximum absolute atomic E-state index is 4.01. The van der Waals surface area contributed by atoms with Crippen LogP contribution in [0.15, 0.2) is 0 Å². The lowest BCUT2D eigenvalue weighted by atomic mass is 10.2. The summed E-state index contributed by atoms with van der Waals surface area (Å²) >= 11 is 0. The van der Waals surface area contributed by atoms with Crippen molar-refractivity contribution in [2.75, 3.05) is 13.7 Å². The highest BCUT2D eigenvalue weighted by molar-refractivity contribution is 4.36. The highest BCUT2D eigenvalue weighted by Gasteiger charge is 1.86. The molecular weight excluding hydrogens is 136 g/mol. The first-order valence-corrected chi connectivity index (χ1v) is 3.47. The minimum Gasteiger partial charge on any atom is -1.00 e. The molecule has 0 aromatic carbocycles. The van der Waals surface area contributed by atoms with Gasteiger partial charge in [0.2, 0.25) is 0 Å². The number of hydrogen-bond acceptors (Lipinski definition) is 0. The number of ether oxygens (including phenoxy) is 1. The van der Waals surface area contributed by atoms with Gasteiger partial charge in [0.1, 0.15) is 13.7 Å². The molecule has 0 bridgehead atoms. The molecule has 0 saturated carbocycles. The number of hydrogen-bond donors (Lipinski definition) is 0. The molecular formula is C7H17ClO. The molecule has 0 aromatic heterocycles. The summed E-state index contributed by atoms with van der Waals surface area (Å²) in [5.74, 6) is 0. The van der Waals surface area contributed by atoms with Crippen molar-refractivity contribution in [3.8, 4) is 0 Å². The quantitative estimate of drug-likeness (QED) is 0.344. The predicted molar refractivity (Wildman–Crippen MR) is 37.2 cm³/mol. The second-order valence-corrected chi connectivity index (χ2v) is 2.10. The summed E-state index contributed by atoms with van der Waals surface area (Å²) in [6.07, 6.45) is 5.33. The monoisotopic (exact) mass is 152 g/mol. The highest BCUT2D eigenvalue weighted by Crippen LogP contribution is 1.96. The van der Waals surface area contributed by atoms with Crippen LogP contribution in [0.5, 0.6) is 0 Å². The van der Waals surface area contributed by atoms with Gasteiger partial charge >= 0.3 is 0 Å². The fourth-order valence-electron chi connectivity index (χ4n) is 0.697. The Hall–Kier alpha value is 0.250. The first-order chi connectivity index (χ1) is 3.91. The van der Waals surface area contributed by atoms with E-state index in [2.05, 4.69) is 11.7 Å². The zero-order valence-corrected chi connectivity index (χ0v) is 7.12. The Balaban J connectivity index is 0. The lowest BCUT2D eigenvalue weighted by molar-refractivity contribution is -0.00000850. The van der Waals surface area contributed by atoms with Gasteiger partial charge in [0.15, 0.2) is 0 Å². The molecule has 0 fully saturated rings. The van der Waals surface area contributed by atoms with E-state index in [1.54, 1.807) is 0 Å². The van der Waals surface area contributed by atoms with E-state index in [1.807, 2.05) is 7.11 Å². The second-order valence-electron chi connectivity index (χ2n) is 2.10. The Bertz CT molecular complexity index is 33.9. The summed E-state index contributed by atoms with van der Waals surface area (Å²) < 4.78 is 4.01. The van der Waals surface area contributed by atoms with Gasteiger partial charge in [0.05, 0.1) is 0 Å². The zero-order chi connectivity index (χ0) is 6.24. The first-order valence-electron chi connectivity index (χ1n) is 3.47. The van der Waals surface area contributed by atoms with Crippen molar-refractivity contribution in [2.24, 2.45) is 0 Å². The molecule has 0 spiro atoms. The normalized spacial score (nSPS) is 8.67. The molecule has 58 valence electrons. The third kappa shape index (κ3) is 11.7. The van der Waals surface area contributed by atoms with Crippen molar-refractivity contribution in [3.05, 3.63) is 0 Å². The third-order valence-corrected chi connectivity index (χ3v) is 1.24. The zero-order valence-electron chi connectivity index (χ0n) is 6.36. The van der Waals surface area contributed by atoms with Crippen LogP contribution < -0.4 is 12.4 Å². The van der Waals surface area contributed by atoms with E-state index in [4.69, 9.17) is 0 Å². The summed E-state index contributed by atoms with van der Waals surface area (Å²) in [7, 11) is 1.88. The van der Waals surface area contributed by atoms with Crippen LogP contribution in [0.2, 0.25) is 0 Å². The molecule has 0 atom stereocenters. The minimum absolute atomic E-state index is 0. The Morgan fingerprint density at radius 1 is 1.11 bits per heavy atom. The molecule has 0 radical (unpaired) electrons. The smallest absolute Gasteiger partial charge is 0.144 e. The van der Waals surface area contributed by atoms with Crippen molar-refractivity contribution >= 4 is 0 Å². The van der Waals surface area contributed by atoms with Crippen LogP contribution in [0.3, 0.4) is 0 Å². The lowest BCUT2D eigenvalue weighted by Gasteiger charge is -1.93. The van der Waals surface area contributed by atoms with Crippen LogP contribution in [0.25, 0.3) is 0 Å². The molecule has 0 rings (SSSR count). The topological polar surface area (TPSA) is 12.8 Å². The summed E-state index contributed by atoms with van der Waals surface area (Å²) in [5.41, 5.74) is 0. The van der Waals surface area contributed by atoms with Crippen LogP contribution in [0, 0.1) is 0 Å². The summed E-state index contributed by atoms with van der Waals surface area (Å²) in [4.78, 5) is 0. The molecule has 0 saturated heterocycles. The first kappa shape index (κ1) is 12.0. The average Bonchev–Trinajstić information content (AvgIpc) is 1.81. The van der Waals surface area contributed by atoms with E-state index >= 15 is 0 Å². The number of halogens is 1. The predicted octanol–water partition coefficient (Wildman–Crippen LogP) is -1.27. The van der Waals surface area contributed by atoms with Crippen molar-refractivity contribution in [2.45, 2.75) is 32.6 Å². The number of rotatable bonds is 5. The van der Waals surface area contributed by atoms with Gasteiger partial charge in [-0.2, -0.15) is 0 Å². The van der Waals surface area contributed by atoms with E-state index in [1.165, 1.54) is 25.7 Å². The standard InChI is InChI=1S/C7H16O.ClH/c1-3-4-5-6-7-8-2;/h3-7H2,1-2H3;1H. The fraction of sp³-hybridized carbons (Fsp3) is 1.00. The van der Waals surface area contributed by atoms with Crippen molar-refractivity contribution in [3.63, 3.8) is 0 Å². The molecule has 0 aliphatic heterocycles. The molecule has 1 nitrogen and oxygen atoms in total. The van der Waals surface area contributed by atoms with Crippen LogP contribution in [-0.2, 0) is 0 Å². The maximum Gasteiger partial charge on any atom is 0.144 e. The molecule has 0 amide bonds. The SMILES string of the molecule is CCCCCC[OH+]C.[Cl-]. The maximum atomic E-state index is 4.01. The van der Waals surface area contributed by atoms with E-state index in [9.17, 15) is 0 Å². The van der Waals surface area contributed by atoms with Gasteiger partial charge < -0.3 is 17.1 Å². The van der Waals surface area contributed by atoms with Crippen LogP contribution >= 0.6 is 0 Å². The highest BCUT2D eigenvalue weighted by atomic mass is 35.5. The van der Waals surface area contributed by atoms with Crippen LogP contribution in [-0.4, -0.2) is 18.5 Å². The van der Waals surface area contributed by atoms with Crippen molar-refractivity contribution < 1.29 is 17.1 Å². The summed E-state index contributed by atoms with van der Waals surface area (Å²) in [6, 6.07) is 0. The van der Waals surface area contributed by atoms with E-state index in [0.29, 0.717) is 0 Å². The average molecular weight is 153 g/mol. The van der Waals surface area contributed by atoms with Gasteiger partial charge in [0.25, 0.3) is 0 Å². The largest absolute Gasteiger partial charge is 1.00 e. The van der Waals surface area contributed by atoms with Crippen molar-refractivity contribution in [1.29, 1.82) is 0 Å². The van der Waals surface area contributed by atoms with Gasteiger partial charge in [-0.05, 0) is 6.42 Å². The fourth-order valence-corrected chi connectivity index (χ4v) is 0.697. The molecule has 9 heavy (non-hydrogen) atoms. The Morgan fingerprint density at radius 3 is 2.22 bits per heavy atom. The van der Waals surface area contributed by atoms with Gasteiger partial charge in [-0.3, -0.25) is 0 Å². The van der Waals surface area contributed by atoms with Crippen LogP contribution in [0.4, 0.5) is 0 Å². The van der Waals surface area contributed by atoms with Gasteiger partial charge in [0, 0.05) is 6.42 Å². The Labute approximate surface area is 64.2 Å². The molecule has 0 aliphatic rings. The van der Waals surface area contributed by atoms with Gasteiger partial charge in [-0.25, -0.2) is 0 Å². The summed E-state index contributed by atoms with van der Waals surface area (Å²) in [6.45, 7) is 3.28. The molecule has 0 aromatic rings. The molecule has 0 aliphatic carbocycles. The van der Waals surface area contributed by atoms with Crippen molar-refractivity contribution in [1.82, 2.24) is 0 Å². The third-order valence-electron chi connectivity index (χ3n) is 1.24. The molecule has 2 heteroatoms. The van der Waals surface area contributed by atoms with E-state index < -0.39 is 0 Å². The number of aliphatic hydroxyl groups is 2. The molecule has 1 N–H and O–H groups in total.